The van der Waals surface area contributed by atoms with Crippen LogP contribution in [0.3, 0.4) is 0 Å². The molecule has 1 fully saturated rings. The number of carbonyl (C=O) groups excluding carboxylic acids is 1. The Hall–Kier alpha value is -0.330. The Labute approximate surface area is 69.2 Å². The van der Waals surface area contributed by atoms with Gasteiger partial charge in [-0.2, -0.15) is 0 Å². The molecule has 64 valence electrons. The molecule has 1 aliphatic carbocycles. The van der Waals surface area contributed by atoms with E-state index in [2.05, 4.69) is 13.8 Å². The molecule has 0 aliphatic heterocycles. The maximum Gasteiger partial charge on any atom is 0.132 e. The number of hydrogen-bond acceptors (Lipinski definition) is 1. The highest BCUT2D eigenvalue weighted by atomic mass is 16.1. The lowest BCUT2D eigenvalue weighted by Gasteiger charge is -2.22. The van der Waals surface area contributed by atoms with Crippen molar-refractivity contribution in [2.75, 3.05) is 0 Å². The smallest absolute Gasteiger partial charge is 0.132 e. The van der Waals surface area contributed by atoms with Crippen molar-refractivity contribution in [3.63, 3.8) is 0 Å². The van der Waals surface area contributed by atoms with Gasteiger partial charge in [0.2, 0.25) is 0 Å². The van der Waals surface area contributed by atoms with Crippen molar-refractivity contribution < 1.29 is 4.79 Å². The quantitative estimate of drug-likeness (QED) is 0.597. The number of rotatable bonds is 2. The van der Waals surface area contributed by atoms with Crippen LogP contribution in [0.15, 0.2) is 0 Å². The minimum Gasteiger partial charge on any atom is -0.300 e. The van der Waals surface area contributed by atoms with Gasteiger partial charge in [0.05, 0.1) is 0 Å². The van der Waals surface area contributed by atoms with Gasteiger partial charge < -0.3 is 0 Å². The fourth-order valence-corrected chi connectivity index (χ4v) is 1.90. The van der Waals surface area contributed by atoms with Crippen molar-refractivity contribution in [3.05, 3.63) is 0 Å². The molecule has 0 amide bonds. The molecule has 0 aromatic rings. The van der Waals surface area contributed by atoms with Crippen molar-refractivity contribution in [3.8, 4) is 0 Å². The minimum absolute atomic E-state index is 0.477. The molecule has 1 rings (SSSR count). The molecule has 1 nitrogen and oxygen atoms in total. The van der Waals surface area contributed by atoms with Gasteiger partial charge in [0.15, 0.2) is 0 Å². The molecule has 0 bridgehead atoms. The van der Waals surface area contributed by atoms with Crippen molar-refractivity contribution >= 4 is 5.78 Å². The number of ketones is 1. The van der Waals surface area contributed by atoms with E-state index in [1.54, 1.807) is 0 Å². The summed E-state index contributed by atoms with van der Waals surface area (Å²) in [5, 5.41) is 0. The van der Waals surface area contributed by atoms with Gasteiger partial charge in [-0.05, 0) is 31.1 Å². The molecule has 0 spiro atoms. The van der Waals surface area contributed by atoms with Crippen LogP contribution in [-0.2, 0) is 4.79 Å². The predicted molar refractivity (Wildman–Crippen MR) is 46.4 cm³/mol. The van der Waals surface area contributed by atoms with E-state index in [-0.39, 0.29) is 0 Å². The van der Waals surface area contributed by atoms with Gasteiger partial charge in [-0.3, -0.25) is 4.79 Å². The maximum atomic E-state index is 10.9. The van der Waals surface area contributed by atoms with E-state index >= 15 is 0 Å². The zero-order valence-electron chi connectivity index (χ0n) is 7.60. The van der Waals surface area contributed by atoms with E-state index in [0.29, 0.717) is 5.78 Å². The fraction of sp³-hybridized carbons (Fsp3) is 0.900. The Bertz CT molecular complexity index is 128. The van der Waals surface area contributed by atoms with Crippen LogP contribution in [0.1, 0.15) is 46.0 Å². The first kappa shape index (κ1) is 8.76. The van der Waals surface area contributed by atoms with Crippen LogP contribution in [0.4, 0.5) is 0 Å². The number of Topliss-reactive ketones (excluding diaryl/α,β-unsaturated/α-hetero) is 1. The largest absolute Gasteiger partial charge is 0.300 e. The summed E-state index contributed by atoms with van der Waals surface area (Å²) in [5.74, 6) is 2.12. The lowest BCUT2D eigenvalue weighted by atomic mass is 9.83. The van der Waals surface area contributed by atoms with Crippen molar-refractivity contribution in [1.29, 1.82) is 0 Å². The Morgan fingerprint density at radius 1 is 1.36 bits per heavy atom. The van der Waals surface area contributed by atoms with Crippen LogP contribution >= 0.6 is 0 Å². The summed E-state index contributed by atoms with van der Waals surface area (Å²) in [6.45, 7) is 4.52. The number of carbonyl (C=O) groups is 1. The monoisotopic (exact) mass is 154 g/mol. The standard InChI is InChI=1S/C10H18O/c1-8(2)7-9-3-5-10(11)6-4-9/h8-9H,3-7H2,1-2H3. The van der Waals surface area contributed by atoms with Crippen molar-refractivity contribution in [1.82, 2.24) is 0 Å². The average Bonchev–Trinajstić information content (AvgIpc) is 1.93. The molecule has 1 aliphatic rings. The Morgan fingerprint density at radius 3 is 2.36 bits per heavy atom. The van der Waals surface area contributed by atoms with E-state index in [1.807, 2.05) is 0 Å². The van der Waals surface area contributed by atoms with Gasteiger partial charge in [-0.25, -0.2) is 0 Å². The highest BCUT2D eigenvalue weighted by Crippen LogP contribution is 2.26. The van der Waals surface area contributed by atoms with E-state index in [0.717, 1.165) is 37.5 Å². The van der Waals surface area contributed by atoms with Gasteiger partial charge >= 0.3 is 0 Å². The van der Waals surface area contributed by atoms with Gasteiger partial charge in [0.1, 0.15) is 5.78 Å². The number of hydrogen-bond donors (Lipinski definition) is 0. The first-order valence-corrected chi connectivity index (χ1v) is 4.70. The second kappa shape index (κ2) is 3.89. The van der Waals surface area contributed by atoms with E-state index in [1.165, 1.54) is 6.42 Å². The topological polar surface area (TPSA) is 17.1 Å². The Balaban J connectivity index is 2.22. The molecular formula is C10H18O. The molecule has 0 atom stereocenters. The summed E-state index contributed by atoms with van der Waals surface area (Å²) >= 11 is 0. The van der Waals surface area contributed by atoms with Crippen LogP contribution in [-0.4, -0.2) is 5.78 Å². The summed E-state index contributed by atoms with van der Waals surface area (Å²) in [6, 6.07) is 0. The fourth-order valence-electron chi connectivity index (χ4n) is 1.90. The predicted octanol–water partition coefficient (Wildman–Crippen LogP) is 2.79. The van der Waals surface area contributed by atoms with Gasteiger partial charge in [-0.1, -0.05) is 13.8 Å². The second-order valence-electron chi connectivity index (χ2n) is 4.11. The molecular weight excluding hydrogens is 136 g/mol. The lowest BCUT2D eigenvalue weighted by Crippen LogP contribution is -2.15. The van der Waals surface area contributed by atoms with Crippen LogP contribution in [0.2, 0.25) is 0 Å². The molecule has 0 heterocycles. The second-order valence-corrected chi connectivity index (χ2v) is 4.11. The Kier molecular flexibility index (Phi) is 3.10. The molecule has 1 saturated carbocycles. The highest BCUT2D eigenvalue weighted by Gasteiger charge is 2.18. The maximum absolute atomic E-state index is 10.9. The third kappa shape index (κ3) is 3.04. The van der Waals surface area contributed by atoms with Gasteiger partial charge in [0.25, 0.3) is 0 Å². The van der Waals surface area contributed by atoms with Crippen molar-refractivity contribution in [2.45, 2.75) is 46.0 Å². The zero-order chi connectivity index (χ0) is 8.27. The summed E-state index contributed by atoms with van der Waals surface area (Å²) in [6.07, 6.45) is 5.30. The van der Waals surface area contributed by atoms with Gasteiger partial charge in [-0.15, -0.1) is 0 Å². The van der Waals surface area contributed by atoms with Gasteiger partial charge in [0, 0.05) is 12.8 Å². The molecule has 0 aromatic carbocycles. The summed E-state index contributed by atoms with van der Waals surface area (Å²) in [4.78, 5) is 10.9. The van der Waals surface area contributed by atoms with Crippen LogP contribution in [0.25, 0.3) is 0 Å². The van der Waals surface area contributed by atoms with Crippen LogP contribution in [0.5, 0.6) is 0 Å². The molecule has 0 N–H and O–H groups in total. The van der Waals surface area contributed by atoms with E-state index < -0.39 is 0 Å². The first-order valence-electron chi connectivity index (χ1n) is 4.70. The average molecular weight is 154 g/mol. The molecule has 0 saturated heterocycles. The third-order valence-corrected chi connectivity index (χ3v) is 2.47. The Morgan fingerprint density at radius 2 is 1.91 bits per heavy atom. The third-order valence-electron chi connectivity index (χ3n) is 2.47. The first-order chi connectivity index (χ1) is 5.18. The van der Waals surface area contributed by atoms with E-state index in [4.69, 9.17) is 0 Å². The summed E-state index contributed by atoms with van der Waals surface area (Å²) < 4.78 is 0. The minimum atomic E-state index is 0.477. The SMILES string of the molecule is CC(C)CC1CCC(=O)CC1. The summed E-state index contributed by atoms with van der Waals surface area (Å²) in [7, 11) is 0. The zero-order valence-corrected chi connectivity index (χ0v) is 7.60. The molecule has 0 radical (unpaired) electrons. The summed E-state index contributed by atoms with van der Waals surface area (Å²) in [5.41, 5.74) is 0. The van der Waals surface area contributed by atoms with E-state index in [9.17, 15) is 4.79 Å². The van der Waals surface area contributed by atoms with Crippen LogP contribution in [0, 0.1) is 11.8 Å². The normalized spacial score (nSPS) is 21.2. The molecule has 0 unspecified atom stereocenters. The van der Waals surface area contributed by atoms with Crippen LogP contribution < -0.4 is 0 Å². The highest BCUT2D eigenvalue weighted by molar-refractivity contribution is 5.78. The lowest BCUT2D eigenvalue weighted by molar-refractivity contribution is -0.121. The molecule has 1 heteroatoms. The van der Waals surface area contributed by atoms with Crippen molar-refractivity contribution in [2.24, 2.45) is 11.8 Å². The molecule has 11 heavy (non-hydrogen) atoms. The molecule has 0 aromatic heterocycles.